The van der Waals surface area contributed by atoms with Crippen LogP contribution in [-0.4, -0.2) is 41.8 Å². The summed E-state index contributed by atoms with van der Waals surface area (Å²) in [4.78, 5) is 2.35. The summed E-state index contributed by atoms with van der Waals surface area (Å²) in [5.41, 5.74) is 5.76. The van der Waals surface area contributed by atoms with Crippen LogP contribution in [0.4, 0.5) is 0 Å². The van der Waals surface area contributed by atoms with Crippen molar-refractivity contribution in [3.8, 4) is 0 Å². The lowest BCUT2D eigenvalue weighted by atomic mass is 10.1. The summed E-state index contributed by atoms with van der Waals surface area (Å²) in [5, 5.41) is 9.20. The monoisotopic (exact) mass is 172 g/mol. The zero-order chi connectivity index (χ0) is 8.97. The second-order valence-electron chi connectivity index (χ2n) is 3.77. The van der Waals surface area contributed by atoms with Crippen molar-refractivity contribution in [2.75, 3.05) is 19.6 Å². The molecule has 0 aromatic carbocycles. The van der Waals surface area contributed by atoms with Crippen LogP contribution in [0.3, 0.4) is 0 Å². The highest BCUT2D eigenvalue weighted by atomic mass is 16.3. The molecule has 0 saturated carbocycles. The zero-order valence-corrected chi connectivity index (χ0v) is 7.87. The Labute approximate surface area is 74.5 Å². The number of hydrogen-bond acceptors (Lipinski definition) is 3. The third-order valence-electron chi connectivity index (χ3n) is 2.54. The molecule has 0 aliphatic carbocycles. The molecule has 2 atom stereocenters. The number of aliphatic hydroxyl groups is 1. The molecule has 0 aromatic heterocycles. The van der Waals surface area contributed by atoms with Gasteiger partial charge in [-0.2, -0.15) is 0 Å². The molecule has 0 radical (unpaired) electrons. The number of nitrogens with two attached hydrogens (primary N) is 1. The number of likely N-dealkylation sites (tertiary alicyclic amines) is 1. The fraction of sp³-hybridized carbons (Fsp3) is 1.00. The normalized spacial score (nSPS) is 25.2. The van der Waals surface area contributed by atoms with Crippen molar-refractivity contribution in [2.24, 2.45) is 5.73 Å². The minimum atomic E-state index is -0.382. The van der Waals surface area contributed by atoms with E-state index in [1.165, 1.54) is 19.3 Å². The molecule has 0 aromatic rings. The third-order valence-corrected chi connectivity index (χ3v) is 2.54. The van der Waals surface area contributed by atoms with Gasteiger partial charge in [-0.25, -0.2) is 0 Å². The Bertz CT molecular complexity index is 122. The topological polar surface area (TPSA) is 49.5 Å². The lowest BCUT2D eigenvalue weighted by Gasteiger charge is -2.29. The highest BCUT2D eigenvalue weighted by Gasteiger charge is 2.16. The van der Waals surface area contributed by atoms with Crippen LogP contribution in [0.15, 0.2) is 0 Å². The minimum absolute atomic E-state index is 0.0805. The van der Waals surface area contributed by atoms with Gasteiger partial charge in [0.2, 0.25) is 0 Å². The fourth-order valence-electron chi connectivity index (χ4n) is 1.59. The second kappa shape index (κ2) is 4.80. The van der Waals surface area contributed by atoms with Crippen LogP contribution in [0, 0.1) is 0 Å². The van der Waals surface area contributed by atoms with Crippen LogP contribution in [0.2, 0.25) is 0 Å². The van der Waals surface area contributed by atoms with Gasteiger partial charge in [-0.1, -0.05) is 6.42 Å². The van der Waals surface area contributed by atoms with Crippen LogP contribution in [0.25, 0.3) is 0 Å². The van der Waals surface area contributed by atoms with Crippen molar-refractivity contribution in [1.29, 1.82) is 0 Å². The van der Waals surface area contributed by atoms with Gasteiger partial charge in [0.15, 0.2) is 0 Å². The van der Waals surface area contributed by atoms with E-state index in [0.29, 0.717) is 0 Å². The van der Waals surface area contributed by atoms with Gasteiger partial charge in [0.1, 0.15) is 0 Å². The van der Waals surface area contributed by atoms with E-state index < -0.39 is 0 Å². The lowest BCUT2D eigenvalue weighted by Crippen LogP contribution is -2.45. The summed E-state index contributed by atoms with van der Waals surface area (Å²) in [7, 11) is 0. The fourth-order valence-corrected chi connectivity index (χ4v) is 1.59. The molecule has 1 saturated heterocycles. The smallest absolute Gasteiger partial charge is 0.0675 e. The van der Waals surface area contributed by atoms with Gasteiger partial charge >= 0.3 is 0 Å². The number of hydrogen-bond donors (Lipinski definition) is 2. The van der Waals surface area contributed by atoms with Crippen molar-refractivity contribution < 1.29 is 5.11 Å². The largest absolute Gasteiger partial charge is 0.392 e. The molecule has 3 heteroatoms. The molecule has 1 aliphatic rings. The Morgan fingerprint density at radius 3 is 2.42 bits per heavy atom. The number of nitrogens with zero attached hydrogens (tertiary/aromatic N) is 1. The Balaban J connectivity index is 2.20. The molecule has 72 valence electrons. The number of rotatable bonds is 3. The maximum Gasteiger partial charge on any atom is 0.0675 e. The van der Waals surface area contributed by atoms with Gasteiger partial charge in [0.05, 0.1) is 6.10 Å². The molecule has 1 heterocycles. The summed E-state index contributed by atoms with van der Waals surface area (Å²) in [6.45, 7) is 4.91. The van der Waals surface area contributed by atoms with E-state index in [-0.39, 0.29) is 12.1 Å². The SMILES string of the molecule is CC(O)[C@H](N)CN1CCCCC1. The number of piperidine rings is 1. The van der Waals surface area contributed by atoms with Crippen molar-refractivity contribution in [2.45, 2.75) is 38.3 Å². The first-order chi connectivity index (χ1) is 5.70. The van der Waals surface area contributed by atoms with Gasteiger partial charge in [0.25, 0.3) is 0 Å². The van der Waals surface area contributed by atoms with Crippen LogP contribution in [0.5, 0.6) is 0 Å². The maximum absolute atomic E-state index is 9.20. The molecule has 3 nitrogen and oxygen atoms in total. The van der Waals surface area contributed by atoms with E-state index in [2.05, 4.69) is 4.90 Å². The first-order valence-corrected chi connectivity index (χ1v) is 4.86. The Morgan fingerprint density at radius 1 is 1.33 bits per heavy atom. The molecule has 0 amide bonds. The van der Waals surface area contributed by atoms with E-state index in [1.807, 2.05) is 0 Å². The van der Waals surface area contributed by atoms with Crippen molar-refractivity contribution in [1.82, 2.24) is 4.90 Å². The summed E-state index contributed by atoms with van der Waals surface area (Å²) in [5.74, 6) is 0. The molecule has 1 aliphatic heterocycles. The van der Waals surface area contributed by atoms with Gasteiger partial charge in [-0.15, -0.1) is 0 Å². The third kappa shape index (κ3) is 3.09. The first-order valence-electron chi connectivity index (χ1n) is 4.86. The standard InChI is InChI=1S/C9H20N2O/c1-8(12)9(10)7-11-5-3-2-4-6-11/h8-9,12H,2-7,10H2,1H3/t8?,9-/m1/s1. The molecule has 3 N–H and O–H groups in total. The predicted octanol–water partition coefficient (Wildman–Crippen LogP) is 0.180. The molecule has 12 heavy (non-hydrogen) atoms. The Kier molecular flexibility index (Phi) is 3.98. The van der Waals surface area contributed by atoms with E-state index in [1.54, 1.807) is 6.92 Å². The lowest BCUT2D eigenvalue weighted by molar-refractivity contribution is 0.124. The van der Waals surface area contributed by atoms with Crippen LogP contribution in [-0.2, 0) is 0 Å². The molecule has 0 spiro atoms. The van der Waals surface area contributed by atoms with Gasteiger partial charge in [-0.3, -0.25) is 0 Å². The highest BCUT2D eigenvalue weighted by molar-refractivity contribution is 4.74. The van der Waals surface area contributed by atoms with Crippen molar-refractivity contribution >= 4 is 0 Å². The molecular weight excluding hydrogens is 152 g/mol. The van der Waals surface area contributed by atoms with Gasteiger partial charge in [0, 0.05) is 12.6 Å². The van der Waals surface area contributed by atoms with Crippen LogP contribution >= 0.6 is 0 Å². The van der Waals surface area contributed by atoms with Gasteiger partial charge < -0.3 is 15.7 Å². The molecule has 1 fully saturated rings. The average molecular weight is 172 g/mol. The number of aliphatic hydroxyl groups excluding tert-OH is 1. The summed E-state index contributed by atoms with van der Waals surface area (Å²) in [6.07, 6.45) is 3.53. The quantitative estimate of drug-likeness (QED) is 0.638. The molecule has 1 unspecified atom stereocenters. The second-order valence-corrected chi connectivity index (χ2v) is 3.77. The predicted molar refractivity (Wildman–Crippen MR) is 49.9 cm³/mol. The van der Waals surface area contributed by atoms with Crippen molar-refractivity contribution in [3.63, 3.8) is 0 Å². The first kappa shape index (κ1) is 9.96. The minimum Gasteiger partial charge on any atom is -0.392 e. The van der Waals surface area contributed by atoms with Crippen LogP contribution < -0.4 is 5.73 Å². The zero-order valence-electron chi connectivity index (χ0n) is 7.87. The van der Waals surface area contributed by atoms with Crippen molar-refractivity contribution in [3.05, 3.63) is 0 Å². The van der Waals surface area contributed by atoms with E-state index in [9.17, 15) is 5.11 Å². The van der Waals surface area contributed by atoms with E-state index >= 15 is 0 Å². The van der Waals surface area contributed by atoms with Gasteiger partial charge in [-0.05, 0) is 32.9 Å². The van der Waals surface area contributed by atoms with E-state index in [0.717, 1.165) is 19.6 Å². The van der Waals surface area contributed by atoms with E-state index in [4.69, 9.17) is 5.73 Å². The Hall–Kier alpha value is -0.120. The highest BCUT2D eigenvalue weighted by Crippen LogP contribution is 2.08. The average Bonchev–Trinajstić information content (AvgIpc) is 2.06. The summed E-state index contributed by atoms with van der Waals surface area (Å²) >= 11 is 0. The molecule has 0 bridgehead atoms. The van der Waals surface area contributed by atoms with Crippen LogP contribution in [0.1, 0.15) is 26.2 Å². The Morgan fingerprint density at radius 2 is 1.92 bits per heavy atom. The summed E-state index contributed by atoms with van der Waals surface area (Å²) < 4.78 is 0. The summed E-state index contributed by atoms with van der Waals surface area (Å²) in [6, 6.07) is -0.0805. The maximum atomic E-state index is 9.20. The molecular formula is C9H20N2O. The molecule has 1 rings (SSSR count).